The van der Waals surface area contributed by atoms with Gasteiger partial charge in [0.1, 0.15) is 5.75 Å². The highest BCUT2D eigenvalue weighted by Crippen LogP contribution is 2.22. The predicted octanol–water partition coefficient (Wildman–Crippen LogP) is 3.74. The Kier molecular flexibility index (Phi) is 4.62. The highest BCUT2D eigenvalue weighted by Gasteiger charge is 2.05. The molecular formula is C17H18N2O. The van der Waals surface area contributed by atoms with Crippen LogP contribution in [0.5, 0.6) is 5.75 Å². The number of para-hydroxylation sites is 1. The molecular weight excluding hydrogens is 248 g/mol. The van der Waals surface area contributed by atoms with E-state index in [9.17, 15) is 0 Å². The normalized spacial score (nSPS) is 9.85. The lowest BCUT2D eigenvalue weighted by Gasteiger charge is -2.13. The van der Waals surface area contributed by atoms with Gasteiger partial charge in [-0.2, -0.15) is 5.26 Å². The van der Waals surface area contributed by atoms with Crippen LogP contribution in [-0.2, 0) is 13.0 Å². The Hall–Kier alpha value is -2.47. The van der Waals surface area contributed by atoms with Crippen LogP contribution in [0, 0.1) is 11.3 Å². The summed E-state index contributed by atoms with van der Waals surface area (Å²) in [6, 6.07) is 15.9. The maximum absolute atomic E-state index is 8.98. The Labute approximate surface area is 119 Å². The minimum absolute atomic E-state index is 0.635. The molecule has 20 heavy (non-hydrogen) atoms. The number of hydrogen-bond acceptors (Lipinski definition) is 3. The Bertz CT molecular complexity index is 629. The number of methoxy groups -OCH3 is 1. The molecule has 0 spiro atoms. The summed E-state index contributed by atoms with van der Waals surface area (Å²) >= 11 is 0. The molecule has 0 aliphatic carbocycles. The van der Waals surface area contributed by atoms with Crippen molar-refractivity contribution in [3.05, 3.63) is 59.2 Å². The molecule has 2 aromatic rings. The summed E-state index contributed by atoms with van der Waals surface area (Å²) in [7, 11) is 1.64. The molecule has 0 saturated carbocycles. The predicted molar refractivity (Wildman–Crippen MR) is 80.9 cm³/mol. The molecule has 0 atom stereocenters. The smallest absolute Gasteiger partial charge is 0.123 e. The van der Waals surface area contributed by atoms with Crippen LogP contribution in [0.25, 0.3) is 0 Å². The Morgan fingerprint density at radius 1 is 1.15 bits per heavy atom. The lowest BCUT2D eigenvalue weighted by atomic mass is 10.1. The zero-order valence-electron chi connectivity index (χ0n) is 11.8. The number of ether oxygens (including phenoxy) is 1. The van der Waals surface area contributed by atoms with Crippen molar-refractivity contribution in [2.24, 2.45) is 0 Å². The van der Waals surface area contributed by atoms with E-state index in [2.05, 4.69) is 30.4 Å². The topological polar surface area (TPSA) is 45.0 Å². The number of nitriles is 1. The SMILES string of the molecule is CCc1ccccc1NCc1cc(C#N)ccc1OC. The number of nitrogens with one attached hydrogen (secondary N) is 1. The minimum atomic E-state index is 0.635. The molecule has 0 unspecified atom stereocenters. The molecule has 0 aliphatic rings. The molecule has 0 fully saturated rings. The van der Waals surface area contributed by atoms with Crippen molar-refractivity contribution >= 4 is 5.69 Å². The van der Waals surface area contributed by atoms with Crippen LogP contribution in [0.2, 0.25) is 0 Å². The highest BCUT2D eigenvalue weighted by atomic mass is 16.5. The lowest BCUT2D eigenvalue weighted by Crippen LogP contribution is -2.04. The number of rotatable bonds is 5. The van der Waals surface area contributed by atoms with Crippen LogP contribution in [0.15, 0.2) is 42.5 Å². The van der Waals surface area contributed by atoms with Gasteiger partial charge in [0.25, 0.3) is 0 Å². The fraction of sp³-hybridized carbons (Fsp3) is 0.235. The monoisotopic (exact) mass is 266 g/mol. The van der Waals surface area contributed by atoms with Crippen LogP contribution in [0.3, 0.4) is 0 Å². The first-order valence-corrected chi connectivity index (χ1v) is 6.67. The van der Waals surface area contributed by atoms with E-state index >= 15 is 0 Å². The van der Waals surface area contributed by atoms with Gasteiger partial charge in [-0.1, -0.05) is 25.1 Å². The van der Waals surface area contributed by atoms with Gasteiger partial charge in [0, 0.05) is 17.8 Å². The van der Waals surface area contributed by atoms with Crippen molar-refractivity contribution in [1.82, 2.24) is 0 Å². The molecule has 0 bridgehead atoms. The van der Waals surface area contributed by atoms with E-state index < -0.39 is 0 Å². The van der Waals surface area contributed by atoms with Crippen molar-refractivity contribution in [1.29, 1.82) is 5.26 Å². The summed E-state index contributed by atoms with van der Waals surface area (Å²) in [5, 5.41) is 12.4. The van der Waals surface area contributed by atoms with Crippen LogP contribution in [0.1, 0.15) is 23.6 Å². The van der Waals surface area contributed by atoms with Crippen LogP contribution in [-0.4, -0.2) is 7.11 Å². The fourth-order valence-electron chi connectivity index (χ4n) is 2.18. The van der Waals surface area contributed by atoms with Crippen molar-refractivity contribution < 1.29 is 4.74 Å². The van der Waals surface area contributed by atoms with Gasteiger partial charge in [-0.15, -0.1) is 0 Å². The molecule has 0 aromatic heterocycles. The zero-order valence-corrected chi connectivity index (χ0v) is 11.8. The van der Waals surface area contributed by atoms with Gasteiger partial charge in [0.2, 0.25) is 0 Å². The van der Waals surface area contributed by atoms with Crippen molar-refractivity contribution in [3.8, 4) is 11.8 Å². The first kappa shape index (κ1) is 14.0. The third-order valence-electron chi connectivity index (χ3n) is 3.28. The maximum atomic E-state index is 8.98. The number of aryl methyl sites for hydroxylation is 1. The largest absolute Gasteiger partial charge is 0.496 e. The van der Waals surface area contributed by atoms with Crippen molar-refractivity contribution in [2.75, 3.05) is 12.4 Å². The van der Waals surface area contributed by atoms with E-state index in [1.165, 1.54) is 5.56 Å². The second kappa shape index (κ2) is 6.63. The average molecular weight is 266 g/mol. The summed E-state index contributed by atoms with van der Waals surface area (Å²) in [5.74, 6) is 0.797. The van der Waals surface area contributed by atoms with Crippen LogP contribution in [0.4, 0.5) is 5.69 Å². The summed E-state index contributed by atoms with van der Waals surface area (Å²) in [6.07, 6.45) is 0.985. The Morgan fingerprint density at radius 2 is 1.95 bits per heavy atom. The third kappa shape index (κ3) is 3.10. The number of nitrogens with zero attached hydrogens (tertiary/aromatic N) is 1. The van der Waals surface area contributed by atoms with Crippen molar-refractivity contribution in [3.63, 3.8) is 0 Å². The molecule has 0 amide bonds. The van der Waals surface area contributed by atoms with Crippen LogP contribution >= 0.6 is 0 Å². The molecule has 3 nitrogen and oxygen atoms in total. The molecule has 2 rings (SSSR count). The van der Waals surface area contributed by atoms with E-state index in [-0.39, 0.29) is 0 Å². The van der Waals surface area contributed by atoms with E-state index in [1.54, 1.807) is 13.2 Å². The van der Waals surface area contributed by atoms with E-state index in [0.29, 0.717) is 12.1 Å². The molecule has 0 heterocycles. The second-order valence-electron chi connectivity index (χ2n) is 4.50. The molecule has 3 heteroatoms. The first-order valence-electron chi connectivity index (χ1n) is 6.67. The quantitative estimate of drug-likeness (QED) is 0.896. The molecule has 2 aromatic carbocycles. The van der Waals surface area contributed by atoms with Gasteiger partial charge in [0.15, 0.2) is 0 Å². The number of benzene rings is 2. The van der Waals surface area contributed by atoms with Gasteiger partial charge < -0.3 is 10.1 Å². The van der Waals surface area contributed by atoms with Gasteiger partial charge in [-0.05, 0) is 36.2 Å². The molecule has 0 aliphatic heterocycles. The molecule has 1 N–H and O–H groups in total. The van der Waals surface area contributed by atoms with Gasteiger partial charge >= 0.3 is 0 Å². The highest BCUT2D eigenvalue weighted by molar-refractivity contribution is 5.52. The zero-order chi connectivity index (χ0) is 14.4. The van der Waals surface area contributed by atoms with E-state index in [0.717, 1.165) is 23.4 Å². The summed E-state index contributed by atoms with van der Waals surface area (Å²) in [4.78, 5) is 0. The van der Waals surface area contributed by atoms with Gasteiger partial charge in [0.05, 0.1) is 18.7 Å². The summed E-state index contributed by atoms with van der Waals surface area (Å²) in [5.41, 5.74) is 4.03. The van der Waals surface area contributed by atoms with Crippen LogP contribution < -0.4 is 10.1 Å². The number of hydrogen-bond donors (Lipinski definition) is 1. The average Bonchev–Trinajstić information content (AvgIpc) is 2.52. The summed E-state index contributed by atoms with van der Waals surface area (Å²) in [6.45, 7) is 2.77. The maximum Gasteiger partial charge on any atom is 0.123 e. The van der Waals surface area contributed by atoms with Gasteiger partial charge in [-0.3, -0.25) is 0 Å². The fourth-order valence-corrected chi connectivity index (χ4v) is 2.18. The number of anilines is 1. The minimum Gasteiger partial charge on any atom is -0.496 e. The molecule has 0 saturated heterocycles. The van der Waals surface area contributed by atoms with E-state index in [4.69, 9.17) is 10.00 Å². The Morgan fingerprint density at radius 3 is 2.65 bits per heavy atom. The van der Waals surface area contributed by atoms with Crippen molar-refractivity contribution in [2.45, 2.75) is 19.9 Å². The standard InChI is InChI=1S/C17H18N2O/c1-3-14-6-4-5-7-16(14)19-12-15-10-13(11-18)8-9-17(15)20-2/h4-10,19H,3,12H2,1-2H3. The molecule has 102 valence electrons. The summed E-state index contributed by atoms with van der Waals surface area (Å²) < 4.78 is 5.34. The lowest BCUT2D eigenvalue weighted by molar-refractivity contribution is 0.410. The van der Waals surface area contributed by atoms with E-state index in [1.807, 2.05) is 24.3 Å². The Balaban J connectivity index is 2.20. The first-order chi connectivity index (χ1) is 9.78. The van der Waals surface area contributed by atoms with Gasteiger partial charge in [-0.25, -0.2) is 0 Å². The third-order valence-corrected chi connectivity index (χ3v) is 3.28. The second-order valence-corrected chi connectivity index (χ2v) is 4.50. The molecule has 0 radical (unpaired) electrons.